The molecule has 1 heteroatoms. The largest absolute Gasteiger partial charge is 0.325 e. The van der Waals surface area contributed by atoms with E-state index in [0.29, 0.717) is 5.41 Å². The first kappa shape index (κ1) is 19.0. The van der Waals surface area contributed by atoms with Crippen LogP contribution >= 0.6 is 0 Å². The van der Waals surface area contributed by atoms with Crippen LogP contribution in [0, 0.1) is 5.41 Å². The van der Waals surface area contributed by atoms with E-state index in [9.17, 15) is 0 Å². The molecule has 21 heavy (non-hydrogen) atoms. The van der Waals surface area contributed by atoms with Crippen molar-refractivity contribution in [3.63, 3.8) is 0 Å². The molecule has 2 N–H and O–H groups in total. The van der Waals surface area contributed by atoms with E-state index in [2.05, 4.69) is 20.8 Å². The Bertz CT molecular complexity index is 259. The summed E-state index contributed by atoms with van der Waals surface area (Å²) in [6, 6.07) is 0. The number of unbranched alkanes of at least 4 members (excludes halogenated alkanes) is 9. The summed E-state index contributed by atoms with van der Waals surface area (Å²) >= 11 is 0. The summed E-state index contributed by atoms with van der Waals surface area (Å²) in [5.74, 6) is 0. The van der Waals surface area contributed by atoms with Crippen molar-refractivity contribution in [2.24, 2.45) is 11.1 Å². The molecule has 0 aromatic heterocycles. The molecule has 1 unspecified atom stereocenters. The molecule has 0 bridgehead atoms. The van der Waals surface area contributed by atoms with E-state index >= 15 is 0 Å². The third-order valence-electron chi connectivity index (χ3n) is 5.39. The van der Waals surface area contributed by atoms with Gasteiger partial charge >= 0.3 is 0 Å². The van der Waals surface area contributed by atoms with Crippen molar-refractivity contribution in [1.29, 1.82) is 0 Å². The molecule has 0 amide bonds. The SMILES string of the molecule is CCCCCCCCCCCCC1(N)CCCC(C)(C)C1. The van der Waals surface area contributed by atoms with Gasteiger partial charge in [-0.15, -0.1) is 0 Å². The molecular weight excluding hydrogens is 254 g/mol. The quantitative estimate of drug-likeness (QED) is 0.427. The van der Waals surface area contributed by atoms with Gasteiger partial charge in [0.15, 0.2) is 0 Å². The average Bonchev–Trinajstić information content (AvgIpc) is 2.39. The third kappa shape index (κ3) is 8.86. The lowest BCUT2D eigenvalue weighted by Crippen LogP contribution is -2.46. The van der Waals surface area contributed by atoms with Crippen molar-refractivity contribution in [2.45, 2.75) is 123 Å². The standard InChI is InChI=1S/C20H41N/c1-4-5-6-7-8-9-10-11-12-13-16-20(21)17-14-15-19(2,3)18-20/h4-18,21H2,1-3H3. The second-order valence-corrected chi connectivity index (χ2v) is 8.49. The molecule has 0 aromatic carbocycles. The van der Waals surface area contributed by atoms with Gasteiger partial charge in [-0.25, -0.2) is 0 Å². The van der Waals surface area contributed by atoms with Crippen LogP contribution < -0.4 is 5.73 Å². The highest BCUT2D eigenvalue weighted by Crippen LogP contribution is 2.41. The van der Waals surface area contributed by atoms with Gasteiger partial charge in [0.05, 0.1) is 0 Å². The van der Waals surface area contributed by atoms with Gasteiger partial charge in [-0.3, -0.25) is 0 Å². The van der Waals surface area contributed by atoms with Crippen LogP contribution in [-0.4, -0.2) is 5.54 Å². The maximum atomic E-state index is 6.64. The van der Waals surface area contributed by atoms with Gasteiger partial charge in [0.25, 0.3) is 0 Å². The molecule has 1 saturated carbocycles. The first-order valence-corrected chi connectivity index (χ1v) is 9.76. The van der Waals surface area contributed by atoms with E-state index in [1.165, 1.54) is 96.3 Å². The minimum atomic E-state index is 0.155. The Morgan fingerprint density at radius 1 is 0.762 bits per heavy atom. The molecule has 0 spiro atoms. The zero-order valence-electron chi connectivity index (χ0n) is 15.2. The molecule has 1 aliphatic rings. The van der Waals surface area contributed by atoms with Gasteiger partial charge in [0.1, 0.15) is 0 Å². The molecule has 126 valence electrons. The highest BCUT2D eigenvalue weighted by atomic mass is 14.8. The summed E-state index contributed by atoms with van der Waals surface area (Å²) in [5.41, 5.74) is 7.28. The fourth-order valence-corrected chi connectivity index (χ4v) is 4.23. The second kappa shape index (κ2) is 9.87. The van der Waals surface area contributed by atoms with E-state index in [-0.39, 0.29) is 5.54 Å². The minimum absolute atomic E-state index is 0.155. The van der Waals surface area contributed by atoms with Gasteiger partial charge in [-0.05, 0) is 31.1 Å². The molecule has 0 aliphatic heterocycles. The summed E-state index contributed by atoms with van der Waals surface area (Å²) in [6.45, 7) is 7.08. The van der Waals surface area contributed by atoms with E-state index < -0.39 is 0 Å². The Hall–Kier alpha value is -0.0400. The van der Waals surface area contributed by atoms with Gasteiger partial charge in [-0.1, -0.05) is 91.4 Å². The lowest BCUT2D eigenvalue weighted by Gasteiger charge is -2.42. The predicted octanol–water partition coefficient (Wildman–Crippen LogP) is 6.60. The van der Waals surface area contributed by atoms with E-state index in [4.69, 9.17) is 5.73 Å². The molecule has 0 aromatic rings. The summed E-state index contributed by atoms with van der Waals surface area (Å²) in [5, 5.41) is 0. The molecule has 1 fully saturated rings. The highest BCUT2D eigenvalue weighted by Gasteiger charge is 2.36. The maximum Gasteiger partial charge on any atom is 0.0159 e. The molecular formula is C20H41N. The van der Waals surface area contributed by atoms with Crippen LogP contribution in [0.25, 0.3) is 0 Å². The van der Waals surface area contributed by atoms with Gasteiger partial charge < -0.3 is 5.73 Å². The summed E-state index contributed by atoms with van der Waals surface area (Å²) in [4.78, 5) is 0. The van der Waals surface area contributed by atoms with Crippen molar-refractivity contribution in [3.05, 3.63) is 0 Å². The van der Waals surface area contributed by atoms with E-state index in [0.717, 1.165) is 0 Å². The van der Waals surface area contributed by atoms with Gasteiger partial charge in [-0.2, -0.15) is 0 Å². The van der Waals surface area contributed by atoms with E-state index in [1.807, 2.05) is 0 Å². The molecule has 0 saturated heterocycles. The van der Waals surface area contributed by atoms with Gasteiger partial charge in [0, 0.05) is 5.54 Å². The van der Waals surface area contributed by atoms with Crippen LogP contribution in [0.4, 0.5) is 0 Å². The average molecular weight is 296 g/mol. The van der Waals surface area contributed by atoms with Crippen molar-refractivity contribution in [1.82, 2.24) is 0 Å². The molecule has 0 heterocycles. The number of hydrogen-bond donors (Lipinski definition) is 1. The Balaban J connectivity index is 1.96. The number of nitrogens with two attached hydrogens (primary N) is 1. The normalized spacial score (nSPS) is 25.1. The zero-order chi connectivity index (χ0) is 15.6. The summed E-state index contributed by atoms with van der Waals surface area (Å²) in [6.07, 6.45) is 20.6. The predicted molar refractivity (Wildman–Crippen MR) is 95.6 cm³/mol. The summed E-state index contributed by atoms with van der Waals surface area (Å²) in [7, 11) is 0. The van der Waals surface area contributed by atoms with Crippen LogP contribution in [-0.2, 0) is 0 Å². The smallest absolute Gasteiger partial charge is 0.0159 e. The van der Waals surface area contributed by atoms with Crippen LogP contribution in [0.3, 0.4) is 0 Å². The lowest BCUT2D eigenvalue weighted by molar-refractivity contribution is 0.141. The molecule has 1 nitrogen and oxygen atoms in total. The van der Waals surface area contributed by atoms with Crippen molar-refractivity contribution < 1.29 is 0 Å². The Kier molecular flexibility index (Phi) is 8.94. The molecule has 1 atom stereocenters. The zero-order valence-corrected chi connectivity index (χ0v) is 15.2. The number of hydrogen-bond acceptors (Lipinski definition) is 1. The van der Waals surface area contributed by atoms with Crippen molar-refractivity contribution in [3.8, 4) is 0 Å². The van der Waals surface area contributed by atoms with Crippen molar-refractivity contribution >= 4 is 0 Å². The fourth-order valence-electron chi connectivity index (χ4n) is 4.23. The second-order valence-electron chi connectivity index (χ2n) is 8.49. The van der Waals surface area contributed by atoms with Crippen molar-refractivity contribution in [2.75, 3.05) is 0 Å². The Morgan fingerprint density at radius 2 is 1.29 bits per heavy atom. The van der Waals surface area contributed by atoms with Crippen LogP contribution in [0.15, 0.2) is 0 Å². The van der Waals surface area contributed by atoms with Crippen LogP contribution in [0.2, 0.25) is 0 Å². The van der Waals surface area contributed by atoms with Crippen LogP contribution in [0.1, 0.15) is 117 Å². The molecule has 0 radical (unpaired) electrons. The first-order chi connectivity index (χ1) is 9.97. The molecule has 1 aliphatic carbocycles. The monoisotopic (exact) mass is 295 g/mol. The fraction of sp³-hybridized carbons (Fsp3) is 1.00. The van der Waals surface area contributed by atoms with Crippen LogP contribution in [0.5, 0.6) is 0 Å². The summed E-state index contributed by atoms with van der Waals surface area (Å²) < 4.78 is 0. The first-order valence-electron chi connectivity index (χ1n) is 9.76. The third-order valence-corrected chi connectivity index (χ3v) is 5.39. The highest BCUT2D eigenvalue weighted by molar-refractivity contribution is 4.94. The number of rotatable bonds is 11. The maximum absolute atomic E-state index is 6.64. The minimum Gasteiger partial charge on any atom is -0.325 e. The lowest BCUT2D eigenvalue weighted by atomic mass is 9.67. The topological polar surface area (TPSA) is 26.0 Å². The Labute approximate surface area is 134 Å². The Morgan fingerprint density at radius 3 is 1.81 bits per heavy atom. The van der Waals surface area contributed by atoms with Gasteiger partial charge in [0.2, 0.25) is 0 Å². The van der Waals surface area contributed by atoms with E-state index in [1.54, 1.807) is 0 Å². The molecule has 1 rings (SSSR count).